The summed E-state index contributed by atoms with van der Waals surface area (Å²) in [7, 11) is -1.97. The van der Waals surface area contributed by atoms with Crippen LogP contribution in [0.25, 0.3) is 0 Å². The van der Waals surface area contributed by atoms with Gasteiger partial charge in [0.2, 0.25) is 10.0 Å². The summed E-state index contributed by atoms with van der Waals surface area (Å²) in [6.07, 6.45) is 0. The highest BCUT2D eigenvalue weighted by Gasteiger charge is 2.12. The summed E-state index contributed by atoms with van der Waals surface area (Å²) in [5.41, 5.74) is 0.584. The molecule has 90 valence electrons. The zero-order valence-corrected chi connectivity index (χ0v) is 10.9. The van der Waals surface area contributed by atoms with E-state index < -0.39 is 15.2 Å². The van der Waals surface area contributed by atoms with Crippen LogP contribution in [0.3, 0.4) is 0 Å². The minimum atomic E-state index is -3.46. The number of alkyl halides is 1. The van der Waals surface area contributed by atoms with E-state index in [1.54, 1.807) is 18.2 Å². The van der Waals surface area contributed by atoms with Crippen molar-refractivity contribution in [1.29, 1.82) is 0 Å². The molecule has 0 aliphatic rings. The SMILES string of the molecule is COc1cccc(Cl)c1CNS(=O)(=O)CCl. The van der Waals surface area contributed by atoms with Crippen molar-refractivity contribution in [3.05, 3.63) is 28.8 Å². The molecule has 0 saturated heterocycles. The molecule has 0 aromatic heterocycles. The standard InChI is InChI=1S/C9H11Cl2NO3S/c1-15-9-4-2-3-8(11)7(9)5-12-16(13,14)6-10/h2-4,12H,5-6H2,1H3. The fourth-order valence-electron chi connectivity index (χ4n) is 1.12. The third-order valence-electron chi connectivity index (χ3n) is 1.91. The van der Waals surface area contributed by atoms with Crippen molar-refractivity contribution >= 4 is 33.2 Å². The molecule has 4 nitrogen and oxygen atoms in total. The van der Waals surface area contributed by atoms with Gasteiger partial charge in [-0.2, -0.15) is 0 Å². The Balaban J connectivity index is 2.89. The molecule has 0 spiro atoms. The van der Waals surface area contributed by atoms with Gasteiger partial charge >= 0.3 is 0 Å². The van der Waals surface area contributed by atoms with Crippen molar-refractivity contribution < 1.29 is 13.2 Å². The lowest BCUT2D eigenvalue weighted by Gasteiger charge is -2.10. The Morgan fingerprint density at radius 3 is 2.69 bits per heavy atom. The molecule has 1 aromatic carbocycles. The highest BCUT2D eigenvalue weighted by molar-refractivity contribution is 7.90. The Kier molecular flexibility index (Phi) is 4.86. The first-order chi connectivity index (χ1) is 7.50. The average Bonchev–Trinajstić information content (AvgIpc) is 2.27. The number of methoxy groups -OCH3 is 1. The van der Waals surface area contributed by atoms with Crippen LogP contribution in [0.2, 0.25) is 5.02 Å². The largest absolute Gasteiger partial charge is 0.496 e. The van der Waals surface area contributed by atoms with Gasteiger partial charge in [0.25, 0.3) is 0 Å². The number of halogens is 2. The van der Waals surface area contributed by atoms with E-state index in [-0.39, 0.29) is 6.54 Å². The van der Waals surface area contributed by atoms with Crippen molar-refractivity contribution in [3.8, 4) is 5.75 Å². The molecule has 0 bridgehead atoms. The Labute approximate surface area is 105 Å². The Bertz CT molecular complexity index is 462. The van der Waals surface area contributed by atoms with E-state index in [2.05, 4.69) is 4.72 Å². The second-order valence-corrected chi connectivity index (χ2v) is 5.76. The van der Waals surface area contributed by atoms with Crippen LogP contribution in [0.15, 0.2) is 18.2 Å². The number of benzene rings is 1. The van der Waals surface area contributed by atoms with Crippen molar-refractivity contribution in [3.63, 3.8) is 0 Å². The number of rotatable bonds is 5. The number of ether oxygens (including phenoxy) is 1. The first kappa shape index (κ1) is 13.6. The van der Waals surface area contributed by atoms with Crippen molar-refractivity contribution in [2.45, 2.75) is 6.54 Å². The summed E-state index contributed by atoms with van der Waals surface area (Å²) in [6, 6.07) is 5.09. The summed E-state index contributed by atoms with van der Waals surface area (Å²) >= 11 is 11.2. The molecule has 7 heteroatoms. The van der Waals surface area contributed by atoms with Gasteiger partial charge in [0.15, 0.2) is 0 Å². The van der Waals surface area contributed by atoms with Gasteiger partial charge in [0, 0.05) is 17.1 Å². The predicted molar refractivity (Wildman–Crippen MR) is 64.5 cm³/mol. The van der Waals surface area contributed by atoms with Crippen molar-refractivity contribution in [2.75, 3.05) is 12.3 Å². The second kappa shape index (κ2) is 5.72. The molecule has 0 aliphatic carbocycles. The lowest BCUT2D eigenvalue weighted by Crippen LogP contribution is -2.24. The minimum Gasteiger partial charge on any atom is -0.496 e. The molecule has 0 atom stereocenters. The first-order valence-electron chi connectivity index (χ1n) is 4.35. The van der Waals surface area contributed by atoms with Gasteiger partial charge in [-0.15, -0.1) is 11.6 Å². The van der Waals surface area contributed by atoms with Gasteiger partial charge in [-0.3, -0.25) is 0 Å². The van der Waals surface area contributed by atoms with E-state index >= 15 is 0 Å². The van der Waals surface area contributed by atoms with Crippen LogP contribution in [-0.4, -0.2) is 20.7 Å². The fraction of sp³-hybridized carbons (Fsp3) is 0.333. The Hall–Kier alpha value is -0.490. The topological polar surface area (TPSA) is 55.4 Å². The third-order valence-corrected chi connectivity index (χ3v) is 4.00. The predicted octanol–water partition coefficient (Wildman–Crippen LogP) is 1.96. The van der Waals surface area contributed by atoms with Crippen LogP contribution in [-0.2, 0) is 16.6 Å². The summed E-state index contributed by atoms with van der Waals surface area (Å²) in [5, 5.41) is -0.0450. The quantitative estimate of drug-likeness (QED) is 0.841. The maximum atomic E-state index is 11.2. The monoisotopic (exact) mass is 283 g/mol. The molecule has 0 aliphatic heterocycles. The second-order valence-electron chi connectivity index (χ2n) is 2.97. The molecule has 0 radical (unpaired) electrons. The van der Waals surface area contributed by atoms with Crippen LogP contribution >= 0.6 is 23.2 Å². The molecule has 16 heavy (non-hydrogen) atoms. The molecule has 0 amide bonds. The maximum absolute atomic E-state index is 11.2. The molecule has 1 aromatic rings. The first-order valence-corrected chi connectivity index (χ1v) is 6.91. The summed E-state index contributed by atoms with van der Waals surface area (Å²) in [5.74, 6) is 0.532. The maximum Gasteiger partial charge on any atom is 0.225 e. The molecule has 0 heterocycles. The van der Waals surface area contributed by atoms with Crippen LogP contribution in [0, 0.1) is 0 Å². The van der Waals surface area contributed by atoms with E-state index in [0.717, 1.165) is 0 Å². The van der Waals surface area contributed by atoms with Crippen molar-refractivity contribution in [1.82, 2.24) is 4.72 Å². The molecule has 0 unspecified atom stereocenters. The number of hydrogen-bond donors (Lipinski definition) is 1. The Morgan fingerprint density at radius 1 is 1.44 bits per heavy atom. The zero-order chi connectivity index (χ0) is 12.2. The fourth-order valence-corrected chi connectivity index (χ4v) is 2.03. The van der Waals surface area contributed by atoms with Crippen LogP contribution < -0.4 is 9.46 Å². The summed E-state index contributed by atoms with van der Waals surface area (Å²) in [6.45, 7) is 0.0535. The molecule has 1 rings (SSSR count). The van der Waals surface area contributed by atoms with Crippen LogP contribution in [0.5, 0.6) is 5.75 Å². The number of nitrogens with one attached hydrogen (secondary N) is 1. The van der Waals surface area contributed by atoms with Gasteiger partial charge in [-0.05, 0) is 12.1 Å². The van der Waals surface area contributed by atoms with Crippen LogP contribution in [0.4, 0.5) is 0 Å². The Morgan fingerprint density at radius 2 is 2.12 bits per heavy atom. The van der Waals surface area contributed by atoms with Crippen molar-refractivity contribution in [2.24, 2.45) is 0 Å². The lowest BCUT2D eigenvalue weighted by molar-refractivity contribution is 0.409. The van der Waals surface area contributed by atoms with Gasteiger partial charge in [-0.1, -0.05) is 17.7 Å². The highest BCUT2D eigenvalue weighted by atomic mass is 35.5. The normalized spacial score (nSPS) is 11.4. The average molecular weight is 284 g/mol. The van der Waals surface area contributed by atoms with Crippen LogP contribution in [0.1, 0.15) is 5.56 Å². The van der Waals surface area contributed by atoms with Gasteiger partial charge in [0.05, 0.1) is 7.11 Å². The molecule has 0 saturated carbocycles. The molecule has 0 fully saturated rings. The van der Waals surface area contributed by atoms with Gasteiger partial charge in [0.1, 0.15) is 11.0 Å². The lowest BCUT2D eigenvalue weighted by atomic mass is 10.2. The highest BCUT2D eigenvalue weighted by Crippen LogP contribution is 2.25. The van der Waals surface area contributed by atoms with E-state index in [0.29, 0.717) is 16.3 Å². The molecular weight excluding hydrogens is 273 g/mol. The van der Waals surface area contributed by atoms with Gasteiger partial charge in [-0.25, -0.2) is 13.1 Å². The number of sulfonamides is 1. The minimum absolute atomic E-state index is 0.0535. The van der Waals surface area contributed by atoms with E-state index in [4.69, 9.17) is 27.9 Å². The molecule has 1 N–H and O–H groups in total. The van der Waals surface area contributed by atoms with E-state index in [1.165, 1.54) is 7.11 Å². The number of hydrogen-bond acceptors (Lipinski definition) is 3. The van der Waals surface area contributed by atoms with Gasteiger partial charge < -0.3 is 4.74 Å². The summed E-state index contributed by atoms with van der Waals surface area (Å²) < 4.78 is 29.7. The third kappa shape index (κ3) is 3.52. The van der Waals surface area contributed by atoms with E-state index in [1.807, 2.05) is 0 Å². The van der Waals surface area contributed by atoms with E-state index in [9.17, 15) is 8.42 Å². The summed E-state index contributed by atoms with van der Waals surface area (Å²) in [4.78, 5) is 0. The molecular formula is C9H11Cl2NO3S. The zero-order valence-electron chi connectivity index (χ0n) is 8.54. The smallest absolute Gasteiger partial charge is 0.225 e.